The maximum atomic E-state index is 3.59. The molecule has 2 rings (SSSR count). The van der Waals surface area contributed by atoms with Crippen molar-refractivity contribution in [1.82, 2.24) is 10.2 Å². The Morgan fingerprint density at radius 2 is 1.76 bits per heavy atom. The van der Waals surface area contributed by atoms with Crippen molar-refractivity contribution in [2.24, 2.45) is 11.3 Å². The third-order valence-corrected chi connectivity index (χ3v) is 4.70. The van der Waals surface area contributed by atoms with Crippen LogP contribution in [0.1, 0.15) is 52.4 Å². The average molecular weight is 238 g/mol. The lowest BCUT2D eigenvalue weighted by Gasteiger charge is -2.38. The molecule has 0 unspecified atom stereocenters. The van der Waals surface area contributed by atoms with Crippen LogP contribution in [0.5, 0.6) is 0 Å². The van der Waals surface area contributed by atoms with Gasteiger partial charge in [-0.1, -0.05) is 13.8 Å². The van der Waals surface area contributed by atoms with E-state index in [4.69, 9.17) is 0 Å². The summed E-state index contributed by atoms with van der Waals surface area (Å²) in [5.41, 5.74) is 0.599. The molecule has 2 aliphatic carbocycles. The van der Waals surface area contributed by atoms with E-state index in [0.717, 1.165) is 12.0 Å². The lowest BCUT2D eigenvalue weighted by atomic mass is 9.75. The molecular weight excluding hydrogens is 208 g/mol. The number of likely N-dealkylation sites (N-methyl/N-ethyl adjacent to an activating group) is 1. The van der Waals surface area contributed by atoms with Gasteiger partial charge in [0.2, 0.25) is 0 Å². The molecule has 17 heavy (non-hydrogen) atoms. The van der Waals surface area contributed by atoms with E-state index in [1.807, 2.05) is 0 Å². The second kappa shape index (κ2) is 5.71. The standard InChI is InChI=1S/C15H30N2/c1-15(2)8-6-14(7-9-15)17(3)11-10-16-12-13-4-5-13/h13-14,16H,4-12H2,1-3H3. The predicted molar refractivity (Wildman–Crippen MR) is 74.3 cm³/mol. The summed E-state index contributed by atoms with van der Waals surface area (Å²) in [5, 5.41) is 3.59. The van der Waals surface area contributed by atoms with Gasteiger partial charge >= 0.3 is 0 Å². The number of hydrogen-bond acceptors (Lipinski definition) is 2. The number of nitrogens with one attached hydrogen (secondary N) is 1. The molecule has 0 spiro atoms. The van der Waals surface area contributed by atoms with Crippen LogP contribution in [0.3, 0.4) is 0 Å². The molecule has 0 bridgehead atoms. The van der Waals surface area contributed by atoms with Gasteiger partial charge in [-0.05, 0) is 63.5 Å². The van der Waals surface area contributed by atoms with E-state index < -0.39 is 0 Å². The highest BCUT2D eigenvalue weighted by molar-refractivity contribution is 4.83. The van der Waals surface area contributed by atoms with Gasteiger partial charge < -0.3 is 10.2 Å². The highest BCUT2D eigenvalue weighted by Gasteiger charge is 2.28. The Hall–Kier alpha value is -0.0800. The van der Waals surface area contributed by atoms with Crippen LogP contribution >= 0.6 is 0 Å². The van der Waals surface area contributed by atoms with Crippen LogP contribution in [-0.4, -0.2) is 37.6 Å². The summed E-state index contributed by atoms with van der Waals surface area (Å²) >= 11 is 0. The van der Waals surface area contributed by atoms with Gasteiger partial charge in [0.25, 0.3) is 0 Å². The van der Waals surface area contributed by atoms with Gasteiger partial charge in [0.15, 0.2) is 0 Å². The fourth-order valence-electron chi connectivity index (χ4n) is 2.89. The predicted octanol–water partition coefficient (Wildman–Crippen LogP) is 2.89. The second-order valence-electron chi connectivity index (χ2n) is 7.02. The Balaban J connectivity index is 1.57. The van der Waals surface area contributed by atoms with Crippen molar-refractivity contribution in [2.75, 3.05) is 26.7 Å². The molecule has 0 amide bonds. The molecule has 100 valence electrons. The number of rotatable bonds is 6. The van der Waals surface area contributed by atoms with Gasteiger partial charge in [-0.25, -0.2) is 0 Å². The lowest BCUT2D eigenvalue weighted by molar-refractivity contribution is 0.128. The van der Waals surface area contributed by atoms with Crippen molar-refractivity contribution < 1.29 is 0 Å². The highest BCUT2D eigenvalue weighted by atomic mass is 15.1. The molecule has 2 fully saturated rings. The summed E-state index contributed by atoms with van der Waals surface area (Å²) in [6.45, 7) is 8.48. The summed E-state index contributed by atoms with van der Waals surface area (Å²) in [4.78, 5) is 2.58. The van der Waals surface area contributed by atoms with Crippen molar-refractivity contribution in [3.63, 3.8) is 0 Å². The second-order valence-corrected chi connectivity index (χ2v) is 7.02. The van der Waals surface area contributed by atoms with E-state index in [9.17, 15) is 0 Å². The van der Waals surface area contributed by atoms with Gasteiger partial charge in [-0.2, -0.15) is 0 Å². The van der Waals surface area contributed by atoms with Crippen LogP contribution in [0, 0.1) is 11.3 Å². The third kappa shape index (κ3) is 4.59. The minimum atomic E-state index is 0.599. The zero-order valence-corrected chi connectivity index (χ0v) is 12.0. The Morgan fingerprint density at radius 3 is 2.35 bits per heavy atom. The average Bonchev–Trinajstić information content (AvgIpc) is 3.08. The van der Waals surface area contributed by atoms with Crippen LogP contribution < -0.4 is 5.32 Å². The molecule has 2 nitrogen and oxygen atoms in total. The summed E-state index contributed by atoms with van der Waals surface area (Å²) < 4.78 is 0. The van der Waals surface area contributed by atoms with Crippen LogP contribution in [0.2, 0.25) is 0 Å². The van der Waals surface area contributed by atoms with Gasteiger partial charge in [0, 0.05) is 19.1 Å². The van der Waals surface area contributed by atoms with E-state index in [0.29, 0.717) is 5.41 Å². The maximum absolute atomic E-state index is 3.59. The zero-order valence-electron chi connectivity index (χ0n) is 12.0. The van der Waals surface area contributed by atoms with E-state index in [2.05, 4.69) is 31.1 Å². The van der Waals surface area contributed by atoms with Crippen LogP contribution in [-0.2, 0) is 0 Å². The molecule has 0 radical (unpaired) electrons. The molecule has 1 N–H and O–H groups in total. The Morgan fingerprint density at radius 1 is 1.12 bits per heavy atom. The first-order valence-electron chi connectivity index (χ1n) is 7.48. The summed E-state index contributed by atoms with van der Waals surface area (Å²) in [6, 6.07) is 0.839. The van der Waals surface area contributed by atoms with Gasteiger partial charge in [-0.3, -0.25) is 0 Å². The fourth-order valence-corrected chi connectivity index (χ4v) is 2.89. The maximum Gasteiger partial charge on any atom is 0.0107 e. The van der Waals surface area contributed by atoms with Crippen molar-refractivity contribution in [1.29, 1.82) is 0 Å². The van der Waals surface area contributed by atoms with E-state index in [1.165, 1.54) is 58.2 Å². The lowest BCUT2D eigenvalue weighted by Crippen LogP contribution is -2.40. The molecule has 0 aromatic carbocycles. The minimum absolute atomic E-state index is 0.599. The van der Waals surface area contributed by atoms with Crippen LogP contribution in [0.25, 0.3) is 0 Å². The van der Waals surface area contributed by atoms with Gasteiger partial charge in [0.1, 0.15) is 0 Å². The molecule has 0 saturated heterocycles. The third-order valence-electron chi connectivity index (χ3n) is 4.70. The van der Waals surface area contributed by atoms with Gasteiger partial charge in [-0.15, -0.1) is 0 Å². The zero-order chi connectivity index (χ0) is 12.3. The molecule has 0 aromatic rings. The molecular formula is C15H30N2. The quantitative estimate of drug-likeness (QED) is 0.716. The summed E-state index contributed by atoms with van der Waals surface area (Å²) in [5.74, 6) is 1.01. The first-order chi connectivity index (χ1) is 8.07. The van der Waals surface area contributed by atoms with E-state index in [1.54, 1.807) is 0 Å². The monoisotopic (exact) mass is 238 g/mol. The number of hydrogen-bond donors (Lipinski definition) is 1. The number of nitrogens with zero attached hydrogens (tertiary/aromatic N) is 1. The summed E-state index contributed by atoms with van der Waals surface area (Å²) in [7, 11) is 2.31. The van der Waals surface area contributed by atoms with Crippen molar-refractivity contribution >= 4 is 0 Å². The van der Waals surface area contributed by atoms with Crippen molar-refractivity contribution in [3.05, 3.63) is 0 Å². The van der Waals surface area contributed by atoms with Crippen LogP contribution in [0.4, 0.5) is 0 Å². The summed E-state index contributed by atoms with van der Waals surface area (Å²) in [6.07, 6.45) is 8.51. The molecule has 2 heteroatoms. The Labute approximate surface area is 107 Å². The van der Waals surface area contributed by atoms with Crippen molar-refractivity contribution in [2.45, 2.75) is 58.4 Å². The molecule has 0 aliphatic heterocycles. The molecule has 2 aliphatic rings. The largest absolute Gasteiger partial charge is 0.315 e. The smallest absolute Gasteiger partial charge is 0.0107 e. The van der Waals surface area contributed by atoms with E-state index >= 15 is 0 Å². The SMILES string of the molecule is CN(CCNCC1CC1)C1CCC(C)(C)CC1. The fraction of sp³-hybridized carbons (Fsp3) is 1.00. The van der Waals surface area contributed by atoms with Crippen LogP contribution in [0.15, 0.2) is 0 Å². The Kier molecular flexibility index (Phi) is 4.48. The molecule has 2 saturated carbocycles. The minimum Gasteiger partial charge on any atom is -0.315 e. The highest BCUT2D eigenvalue weighted by Crippen LogP contribution is 2.36. The Bertz CT molecular complexity index is 223. The molecule has 0 aromatic heterocycles. The topological polar surface area (TPSA) is 15.3 Å². The molecule has 0 heterocycles. The first kappa shape index (κ1) is 13.4. The molecule has 0 atom stereocenters. The van der Waals surface area contributed by atoms with Crippen molar-refractivity contribution in [3.8, 4) is 0 Å². The van der Waals surface area contributed by atoms with Gasteiger partial charge in [0.05, 0.1) is 0 Å². The van der Waals surface area contributed by atoms with E-state index in [-0.39, 0.29) is 0 Å². The first-order valence-corrected chi connectivity index (χ1v) is 7.48. The normalized spacial score (nSPS) is 25.4.